The molecule has 0 aliphatic carbocycles. The highest BCUT2D eigenvalue weighted by molar-refractivity contribution is 7.99. The minimum Gasteiger partial charge on any atom is -0.494 e. The average molecular weight is 836 g/mol. The fourth-order valence-electron chi connectivity index (χ4n) is 6.03. The van der Waals surface area contributed by atoms with Crippen LogP contribution in [0.3, 0.4) is 0 Å². The molecule has 0 spiro atoms. The third-order valence-corrected chi connectivity index (χ3v) is 11.2. The Morgan fingerprint density at radius 1 is 0.897 bits per heavy atom. The number of halogens is 3. The van der Waals surface area contributed by atoms with Crippen LogP contribution in [0, 0.1) is 10.1 Å². The van der Waals surface area contributed by atoms with E-state index in [1.165, 1.54) is 29.2 Å². The number of nitrogens with one attached hydrogen (secondary N) is 2. The summed E-state index contributed by atoms with van der Waals surface area (Å²) in [5, 5.41) is 22.7. The SMILES string of the molecule is CCOc1cccc(-c2cc(C(=O)N3CCN(c4ccc(C(=O)NS(=O)(=O)c5ccc(NCCSc6ccccc6)c([N+](=O)[O-])c5)nn4)CC3)cc(C(F)(F)F)c2)c1. The molecule has 0 atom stereocenters. The van der Waals surface area contributed by atoms with E-state index in [0.29, 0.717) is 36.0 Å². The minimum absolute atomic E-state index is 0.111. The van der Waals surface area contributed by atoms with Crippen LogP contribution < -0.4 is 19.7 Å². The van der Waals surface area contributed by atoms with Gasteiger partial charge < -0.3 is 19.9 Å². The number of carbonyl (C=O) groups excluding carboxylic acids is 2. The third kappa shape index (κ3) is 10.2. The minimum atomic E-state index is -4.69. The number of hydrogen-bond donors (Lipinski definition) is 2. The van der Waals surface area contributed by atoms with Gasteiger partial charge >= 0.3 is 6.18 Å². The maximum atomic E-state index is 13.9. The summed E-state index contributed by atoms with van der Waals surface area (Å²) in [6.45, 7) is 3.27. The van der Waals surface area contributed by atoms with E-state index in [2.05, 4.69) is 15.5 Å². The lowest BCUT2D eigenvalue weighted by Crippen LogP contribution is -2.49. The second-order valence-corrected chi connectivity index (χ2v) is 15.6. The number of nitro benzene ring substituents is 1. The number of piperazine rings is 1. The van der Waals surface area contributed by atoms with Crippen LogP contribution in [0.25, 0.3) is 11.1 Å². The smallest absolute Gasteiger partial charge is 0.416 e. The largest absolute Gasteiger partial charge is 0.494 e. The van der Waals surface area contributed by atoms with Crippen LogP contribution in [0.4, 0.5) is 30.4 Å². The number of nitrogens with zero attached hydrogens (tertiary/aromatic N) is 5. The number of aromatic nitrogens is 2. The molecule has 4 aromatic carbocycles. The highest BCUT2D eigenvalue weighted by Crippen LogP contribution is 2.35. The summed E-state index contributed by atoms with van der Waals surface area (Å²) in [5.41, 5.74) is -1.15. The van der Waals surface area contributed by atoms with Gasteiger partial charge in [0, 0.05) is 55.0 Å². The lowest BCUT2D eigenvalue weighted by molar-refractivity contribution is -0.384. The fraction of sp³-hybridized carbons (Fsp3) is 0.231. The van der Waals surface area contributed by atoms with Crippen molar-refractivity contribution in [2.45, 2.75) is 22.9 Å². The molecule has 58 heavy (non-hydrogen) atoms. The standard InChI is InChI=1S/C39H36F3N7O7S2/c1-2-56-30-8-6-7-26(24-30)27-21-28(23-29(22-27)39(40,41)42)38(51)48-18-16-47(17-19-48)36-14-13-34(44-45-36)37(50)46-58(54,55)32-11-12-33(35(25-32)49(52)53)43-15-20-57-31-9-4-3-5-10-31/h3-14,21-25,43H,2,15-20H2,1H3,(H,46,50). The zero-order valence-electron chi connectivity index (χ0n) is 30.8. The first-order chi connectivity index (χ1) is 27.7. The fourth-order valence-corrected chi connectivity index (χ4v) is 7.80. The number of nitro groups is 1. The van der Waals surface area contributed by atoms with Crippen molar-refractivity contribution in [3.8, 4) is 16.9 Å². The number of carbonyl (C=O) groups is 2. The number of anilines is 2. The van der Waals surface area contributed by atoms with Crippen molar-refractivity contribution in [3.63, 3.8) is 0 Å². The van der Waals surface area contributed by atoms with E-state index < -0.39 is 49.1 Å². The topological polar surface area (TPSA) is 177 Å². The van der Waals surface area contributed by atoms with Gasteiger partial charge in [-0.2, -0.15) is 13.2 Å². The van der Waals surface area contributed by atoms with Crippen LogP contribution in [-0.2, 0) is 16.2 Å². The molecule has 2 amide bonds. The first-order valence-electron chi connectivity index (χ1n) is 17.8. The zero-order valence-corrected chi connectivity index (χ0v) is 32.4. The van der Waals surface area contributed by atoms with Crippen molar-refractivity contribution >= 4 is 50.8 Å². The van der Waals surface area contributed by atoms with Gasteiger partial charge in [-0.25, -0.2) is 13.1 Å². The Morgan fingerprint density at radius 2 is 1.66 bits per heavy atom. The molecule has 1 fully saturated rings. The number of sulfonamides is 1. The van der Waals surface area contributed by atoms with Crippen molar-refractivity contribution < 1.29 is 40.8 Å². The molecule has 1 aliphatic heterocycles. The van der Waals surface area contributed by atoms with Crippen molar-refractivity contribution in [2.24, 2.45) is 0 Å². The van der Waals surface area contributed by atoms with Gasteiger partial charge in [0.15, 0.2) is 11.5 Å². The molecular weight excluding hydrogens is 800 g/mol. The second-order valence-electron chi connectivity index (χ2n) is 12.8. The molecule has 1 saturated heterocycles. The Hall–Kier alpha value is -6.21. The summed E-state index contributed by atoms with van der Waals surface area (Å²) in [6.07, 6.45) is -4.69. The van der Waals surface area contributed by atoms with Gasteiger partial charge in [0.2, 0.25) is 0 Å². The summed E-state index contributed by atoms with van der Waals surface area (Å²) in [6, 6.07) is 25.3. The van der Waals surface area contributed by atoms with Crippen LogP contribution in [-0.4, -0.2) is 85.3 Å². The third-order valence-electron chi connectivity index (χ3n) is 8.89. The van der Waals surface area contributed by atoms with E-state index in [1.807, 2.05) is 35.1 Å². The predicted molar refractivity (Wildman–Crippen MR) is 212 cm³/mol. The first-order valence-corrected chi connectivity index (χ1v) is 20.3. The molecule has 0 saturated carbocycles. The molecule has 6 rings (SSSR count). The van der Waals surface area contributed by atoms with Gasteiger partial charge in [-0.05, 0) is 84.8 Å². The zero-order chi connectivity index (χ0) is 41.5. The molecule has 5 aromatic rings. The van der Waals surface area contributed by atoms with E-state index in [9.17, 15) is 41.3 Å². The molecule has 2 heterocycles. The first kappa shape index (κ1) is 41.4. The van der Waals surface area contributed by atoms with Crippen molar-refractivity contribution in [1.29, 1.82) is 0 Å². The van der Waals surface area contributed by atoms with E-state index in [1.54, 1.807) is 47.9 Å². The number of hydrogen-bond acceptors (Lipinski definition) is 12. The summed E-state index contributed by atoms with van der Waals surface area (Å²) in [4.78, 5) is 41.2. The van der Waals surface area contributed by atoms with Gasteiger partial charge in [0.1, 0.15) is 11.4 Å². The van der Waals surface area contributed by atoms with E-state index >= 15 is 0 Å². The number of amides is 2. The van der Waals surface area contributed by atoms with Crippen molar-refractivity contribution in [2.75, 3.05) is 55.3 Å². The van der Waals surface area contributed by atoms with Gasteiger partial charge in [0.25, 0.3) is 27.5 Å². The van der Waals surface area contributed by atoms with E-state index in [0.717, 1.165) is 29.2 Å². The molecule has 14 nitrogen and oxygen atoms in total. The quantitative estimate of drug-likeness (QED) is 0.0521. The van der Waals surface area contributed by atoms with Crippen LogP contribution in [0.5, 0.6) is 5.75 Å². The Bertz CT molecular complexity index is 2400. The summed E-state index contributed by atoms with van der Waals surface area (Å²) >= 11 is 1.54. The Kier molecular flexibility index (Phi) is 12.8. The number of alkyl halides is 3. The number of ether oxygens (including phenoxy) is 1. The molecule has 302 valence electrons. The molecule has 1 aliphatic rings. The maximum absolute atomic E-state index is 13.9. The summed E-state index contributed by atoms with van der Waals surface area (Å²) in [5.74, 6) is -0.328. The number of benzene rings is 4. The second kappa shape index (κ2) is 17.9. The highest BCUT2D eigenvalue weighted by atomic mass is 32.2. The Labute approximate surface area is 335 Å². The number of thioether (sulfide) groups is 1. The maximum Gasteiger partial charge on any atom is 0.416 e. The molecule has 19 heteroatoms. The van der Waals surface area contributed by atoms with Gasteiger partial charge in [-0.1, -0.05) is 30.3 Å². The van der Waals surface area contributed by atoms with Crippen LogP contribution in [0.1, 0.15) is 33.3 Å². The summed E-state index contributed by atoms with van der Waals surface area (Å²) in [7, 11) is -4.56. The molecule has 0 bridgehead atoms. The molecule has 1 aromatic heterocycles. The monoisotopic (exact) mass is 835 g/mol. The van der Waals surface area contributed by atoms with E-state index in [-0.39, 0.29) is 48.7 Å². The number of rotatable bonds is 14. The average Bonchev–Trinajstić information content (AvgIpc) is 3.22. The van der Waals surface area contributed by atoms with Crippen LogP contribution in [0.2, 0.25) is 0 Å². The van der Waals surface area contributed by atoms with E-state index in [4.69, 9.17) is 4.74 Å². The molecule has 2 N–H and O–H groups in total. The molecule has 0 unspecified atom stereocenters. The Balaban J connectivity index is 1.06. The molecule has 0 radical (unpaired) electrons. The van der Waals surface area contributed by atoms with Crippen molar-refractivity contribution in [3.05, 3.63) is 130 Å². The lowest BCUT2D eigenvalue weighted by Gasteiger charge is -2.35. The van der Waals surface area contributed by atoms with Crippen molar-refractivity contribution in [1.82, 2.24) is 19.8 Å². The summed E-state index contributed by atoms with van der Waals surface area (Å²) < 4.78 is 75.3. The highest BCUT2D eigenvalue weighted by Gasteiger charge is 2.33. The van der Waals surface area contributed by atoms with Crippen LogP contribution in [0.15, 0.2) is 113 Å². The lowest BCUT2D eigenvalue weighted by atomic mass is 9.98. The normalized spacial score (nSPS) is 13.2. The van der Waals surface area contributed by atoms with Crippen LogP contribution >= 0.6 is 11.8 Å². The predicted octanol–water partition coefficient (Wildman–Crippen LogP) is 6.75. The van der Waals surface area contributed by atoms with Gasteiger partial charge in [-0.15, -0.1) is 22.0 Å². The molecular formula is C39H36F3N7O7S2. The Morgan fingerprint density at radius 3 is 2.33 bits per heavy atom. The van der Waals surface area contributed by atoms with Gasteiger partial charge in [-0.3, -0.25) is 19.7 Å². The van der Waals surface area contributed by atoms with Gasteiger partial charge in [0.05, 0.1) is 22.0 Å².